The quantitative estimate of drug-likeness (QED) is 0.0332. The molecule has 6 fully saturated rings. The van der Waals surface area contributed by atoms with Crippen molar-refractivity contribution in [3.63, 3.8) is 0 Å². The van der Waals surface area contributed by atoms with Gasteiger partial charge in [0.2, 0.25) is 0 Å². The van der Waals surface area contributed by atoms with E-state index in [2.05, 4.69) is 142 Å². The molecule has 2 saturated carbocycles. The first-order valence-corrected chi connectivity index (χ1v) is 52.0. The van der Waals surface area contributed by atoms with Crippen LogP contribution >= 0.6 is 138 Å². The van der Waals surface area contributed by atoms with Gasteiger partial charge in [0.15, 0.2) is 5.78 Å². The summed E-state index contributed by atoms with van der Waals surface area (Å²) in [6.07, 6.45) is 12.6. The summed E-state index contributed by atoms with van der Waals surface area (Å²) in [6, 6.07) is 42.3. The molecule has 0 bridgehead atoms. The minimum Gasteiger partial charge on any atom is -0.482 e. The number of ketones is 1. The number of hydrogen-bond donors (Lipinski definition) is 8. The predicted octanol–water partition coefficient (Wildman–Crippen LogP) is 23.0. The number of aromatic hydroxyl groups is 2. The van der Waals surface area contributed by atoms with Crippen molar-refractivity contribution in [3.05, 3.63) is 220 Å². The summed E-state index contributed by atoms with van der Waals surface area (Å²) in [6.45, 7) is 30.6. The van der Waals surface area contributed by atoms with E-state index in [-0.39, 0.29) is 117 Å². The predicted molar refractivity (Wildman–Crippen MR) is 573 cm³/mol. The molecular formula is C99H129B3Br2Cl2F3LiN5O18S7. The number of hydrogen-bond acceptors (Lipinski definition) is 26. The van der Waals surface area contributed by atoms with Crippen LogP contribution in [-0.2, 0) is 51.7 Å². The SMILES string of the molecule is Brc1ccsc1.C.CC(C)(C)OC(=O)N1CCC(=O)C1.CC(C)(C)OC(=O)N1CCC(O)(c2ccsc2)C1.CC(C)(C)OC(=O)N1CCC(O)(c2ccsc2-c2ccccc2O)C1.CC(C)(C)OC(=O)N1CCC(O)(c2ccsc2Br)C1.Cl.Cl.FB(F)F.OB(O)c1ccccc1O.[B]=NS.[CH2-]CCC.[Li+].c1ccc2c(c1)OC1(CCCC1)c1ccsc1-2.c1ccc2c(c1)OC1(CCCC1)c1ccsc1-2. The number of benzene rings is 4. The molecule has 3 atom stereocenters. The fraction of sp³-hybridized carbons (Fsp3) is 0.455. The molecule has 759 valence electrons. The molecule has 2 aliphatic carbocycles. The van der Waals surface area contributed by atoms with Crippen LogP contribution in [-0.4, -0.2) is 182 Å². The van der Waals surface area contributed by atoms with Crippen LogP contribution in [0.2, 0.25) is 0 Å². The second-order valence-corrected chi connectivity index (χ2v) is 44.7. The molecule has 6 aromatic heterocycles. The molecule has 10 aromatic rings. The van der Waals surface area contributed by atoms with Gasteiger partial charge in [0, 0.05) is 101 Å². The molecule has 3 unspecified atom stereocenters. The number of rotatable bonds is 6. The molecule has 41 heteroatoms. The number of thiophene rings is 6. The average molecular weight is 2230 g/mol. The molecular weight excluding hydrogens is 2100 g/mol. The van der Waals surface area contributed by atoms with E-state index >= 15 is 0 Å². The maximum Gasteiger partial charge on any atom is 1.00 e. The molecule has 4 saturated heterocycles. The number of ether oxygens (including phenoxy) is 6. The number of phenols is 2. The zero-order valence-corrected chi connectivity index (χ0v) is 91.4. The van der Waals surface area contributed by atoms with E-state index in [1.807, 2.05) is 174 Å². The topological polar surface area (TPSA) is 308 Å². The summed E-state index contributed by atoms with van der Waals surface area (Å²) in [5, 5.41) is 84.8. The van der Waals surface area contributed by atoms with Gasteiger partial charge in [-0.2, -0.15) is 29.1 Å². The van der Waals surface area contributed by atoms with Crippen molar-refractivity contribution in [1.82, 2.24) is 19.6 Å². The number of unbranched alkanes of at least 4 members (excludes halogenated alkanes) is 1. The van der Waals surface area contributed by atoms with Gasteiger partial charge >= 0.3 is 82.7 Å². The van der Waals surface area contributed by atoms with E-state index in [1.165, 1.54) is 139 Å². The average Bonchev–Trinajstić information content (AvgIpc) is 1.57. The summed E-state index contributed by atoms with van der Waals surface area (Å²) in [4.78, 5) is 68.2. The maximum absolute atomic E-state index is 12.3. The Morgan fingerprint density at radius 2 is 0.843 bits per heavy atom. The fourth-order valence-electron chi connectivity index (χ4n) is 15.7. The standard InChI is InChI=1S/C19H23NO4S.2C15H14OS.C13H18BrNO3S.C13H19NO3S.C9H15NO3.C6H7BO3.C4H3BrS.C4H9.CH4.BF3.BHNS.2ClH.Li/c1-18(2,3)24-17(22)20-10-9-19(23,12-20)14-8-11-25-16(14)13-6-4-5-7-15(13)21;2*1-2-6-13-11(5-1)14-12(7-10-17-14)15(16-13)8-3-4-9-15;1-12(2,3)18-11(16)15-6-5-13(17,8-15)9-4-7-19-10(9)14;1-12(2,3)17-11(15)14-6-5-13(16,9-14)10-4-7-18-8-10;1-9(2,3)13-8(12)10-5-4-7(11)6-10;8-6-4-2-1-3-5(6)7(9)10;5-4-1-2-6-3-4;1-3-4-2;;2-1(3)4;1-2-3;;;/h4-8,11,21,23H,9-10,12H2,1-3H3;2*1-2,5-7,10H,3-4,8-9H2;4,7,17H,5-6,8H2,1-3H3;4,7-8,16H,5-6,9H2,1-3H3;4-6H2,1-3H3;1-4,8-10H;1-3H;1,3-4H2,2H3;1H4;;3H;2*1H;/q;;;;;;;;-1;;;;;;+1. The number of carbonyl (C=O) groups excluding carboxylic acids is 5. The first kappa shape index (κ1) is 125. The van der Waals surface area contributed by atoms with Crippen LogP contribution in [0.3, 0.4) is 0 Å². The number of nitrogens with zero attached hydrogens (tertiary/aromatic N) is 5. The van der Waals surface area contributed by atoms with Crippen molar-refractivity contribution in [2.75, 3.05) is 52.4 Å². The van der Waals surface area contributed by atoms with Crippen LogP contribution in [0.5, 0.6) is 23.0 Å². The molecule has 4 amide bonds. The number of phenolic OH excluding ortho intramolecular Hbond substituents is 2. The monoisotopic (exact) mass is 2220 g/mol. The Morgan fingerprint density at radius 1 is 0.500 bits per heavy atom. The normalized spacial score (nSPS) is 18.0. The number of likely N-dealkylation sites (tertiary alicyclic amines) is 4. The molecule has 12 heterocycles. The molecule has 4 aromatic carbocycles. The number of amides is 4. The Labute approximate surface area is 895 Å². The van der Waals surface area contributed by atoms with Crippen LogP contribution in [0.4, 0.5) is 32.1 Å². The van der Waals surface area contributed by atoms with Gasteiger partial charge < -0.3 is 90.5 Å². The maximum atomic E-state index is 12.3. The minimum absolute atomic E-state index is 0. The Hall–Kier alpha value is -6.90. The molecule has 1 radical (unpaired) electrons. The zero-order valence-electron chi connectivity index (χ0n) is 80.8. The van der Waals surface area contributed by atoms with E-state index in [9.17, 15) is 57.3 Å². The molecule has 2 spiro atoms. The Balaban J connectivity index is 0.000000333. The van der Waals surface area contributed by atoms with Crippen molar-refractivity contribution in [1.29, 1.82) is 0 Å². The van der Waals surface area contributed by atoms with E-state index in [0.29, 0.717) is 64.0 Å². The summed E-state index contributed by atoms with van der Waals surface area (Å²) < 4.78 is 67.7. The number of Topliss-reactive ketones (excluding diaryl/α,β-unsaturated/α-hetero) is 1. The molecule has 23 nitrogen and oxygen atoms in total. The third-order valence-electron chi connectivity index (χ3n) is 21.9. The van der Waals surface area contributed by atoms with Gasteiger partial charge in [-0.15, -0.1) is 70.2 Å². The van der Waals surface area contributed by atoms with Gasteiger partial charge in [-0.25, -0.2) is 19.2 Å². The van der Waals surface area contributed by atoms with Crippen LogP contribution < -0.4 is 33.8 Å². The molecule has 6 aliphatic heterocycles. The number of aliphatic hydroxyl groups is 3. The third kappa shape index (κ3) is 37.2. The number of thiol groups is 1. The van der Waals surface area contributed by atoms with Gasteiger partial charge in [0.25, 0.3) is 0 Å². The Kier molecular flexibility index (Phi) is 51.3. The number of β-amino-alcohol motifs (C(OH)–C–C–N with tert-alkyl or cyclic N) is 3. The summed E-state index contributed by atoms with van der Waals surface area (Å²) >= 11 is 19.9. The number of para-hydroxylation sites is 4. The molecule has 140 heavy (non-hydrogen) atoms. The summed E-state index contributed by atoms with van der Waals surface area (Å²) in [5.41, 5.74) is 3.58. The second-order valence-electron chi connectivity index (χ2n) is 37.1. The third-order valence-corrected chi connectivity index (χ3v) is 28.6. The van der Waals surface area contributed by atoms with Gasteiger partial charge in [-0.1, -0.05) is 75.4 Å². The van der Waals surface area contributed by atoms with Crippen molar-refractivity contribution in [2.24, 2.45) is 4.30 Å². The van der Waals surface area contributed by atoms with Crippen LogP contribution in [0, 0.1) is 6.92 Å². The molecule has 18 rings (SSSR count). The minimum atomic E-state index is -3.67. The van der Waals surface area contributed by atoms with Gasteiger partial charge in [-0.05, 0) is 308 Å². The van der Waals surface area contributed by atoms with Crippen molar-refractivity contribution in [3.8, 4) is 54.3 Å². The van der Waals surface area contributed by atoms with Crippen molar-refractivity contribution in [2.45, 2.75) is 238 Å². The van der Waals surface area contributed by atoms with E-state index in [4.69, 9.17) is 43.6 Å². The van der Waals surface area contributed by atoms with Gasteiger partial charge in [0.1, 0.15) is 73.4 Å². The first-order valence-electron chi connectivity index (χ1n) is 44.6. The van der Waals surface area contributed by atoms with E-state index in [0.717, 1.165) is 43.3 Å². The van der Waals surface area contributed by atoms with Crippen LogP contribution in [0.25, 0.3) is 31.3 Å². The first-order chi connectivity index (χ1) is 64.0. The Morgan fingerprint density at radius 3 is 1.18 bits per heavy atom. The summed E-state index contributed by atoms with van der Waals surface area (Å²) in [5.74, 6) is 2.33. The van der Waals surface area contributed by atoms with Crippen molar-refractivity contribution < 1.29 is 120 Å². The molecule has 8 aliphatic rings. The Bertz CT molecular complexity index is 5360. The van der Waals surface area contributed by atoms with Crippen molar-refractivity contribution >= 4 is 195 Å². The van der Waals surface area contributed by atoms with E-state index < -0.39 is 66.1 Å². The number of fused-ring (bicyclic) bond motifs is 8. The van der Waals surface area contributed by atoms with Crippen LogP contribution in [0.1, 0.15) is 215 Å². The smallest absolute Gasteiger partial charge is 0.482 e. The fourth-order valence-corrected chi connectivity index (χ4v) is 22.2. The molecule has 7 N–H and O–H groups in total. The second kappa shape index (κ2) is 57.3. The number of halogens is 7. The van der Waals surface area contributed by atoms with Crippen LogP contribution in [0.15, 0.2) is 189 Å². The number of carbonyl (C=O) groups is 5. The van der Waals surface area contributed by atoms with Gasteiger partial charge in [-0.3, -0.25) is 17.7 Å². The summed E-state index contributed by atoms with van der Waals surface area (Å²) in [7, 11) is -0.926. The largest absolute Gasteiger partial charge is 1.00 e. The zero-order chi connectivity index (χ0) is 100. The van der Waals surface area contributed by atoms with Gasteiger partial charge in [0.05, 0.1) is 30.0 Å². The van der Waals surface area contributed by atoms with E-state index in [1.54, 1.807) is 56.7 Å².